The van der Waals surface area contributed by atoms with E-state index in [4.69, 9.17) is 15.2 Å². The molecular formula is C14H14FNO2S. The van der Waals surface area contributed by atoms with Crippen LogP contribution in [0.5, 0.6) is 17.2 Å². The molecule has 0 bridgehead atoms. The van der Waals surface area contributed by atoms with Gasteiger partial charge in [-0.3, -0.25) is 0 Å². The second-order valence-corrected chi connectivity index (χ2v) is 4.68. The number of nitrogens with two attached hydrogens (primary N) is 1. The van der Waals surface area contributed by atoms with E-state index in [1.807, 2.05) is 18.4 Å². The minimum atomic E-state index is -0.521. The highest BCUT2D eigenvalue weighted by Crippen LogP contribution is 2.33. The summed E-state index contributed by atoms with van der Waals surface area (Å²) in [6, 6.07) is 10.0. The van der Waals surface area contributed by atoms with Gasteiger partial charge in [-0.05, 0) is 30.5 Å². The summed E-state index contributed by atoms with van der Waals surface area (Å²) in [5.74, 6) is 0.510. The van der Waals surface area contributed by atoms with E-state index in [-0.39, 0.29) is 11.4 Å². The van der Waals surface area contributed by atoms with Crippen molar-refractivity contribution in [3.05, 3.63) is 42.2 Å². The third kappa shape index (κ3) is 3.12. The minimum Gasteiger partial charge on any atom is -0.494 e. The molecule has 2 aromatic rings. The molecule has 0 saturated carbocycles. The maximum Gasteiger partial charge on any atom is 0.168 e. The van der Waals surface area contributed by atoms with Gasteiger partial charge in [-0.2, -0.15) is 0 Å². The molecule has 100 valence electrons. The van der Waals surface area contributed by atoms with E-state index in [9.17, 15) is 4.39 Å². The van der Waals surface area contributed by atoms with Crippen molar-refractivity contribution >= 4 is 17.4 Å². The van der Waals surface area contributed by atoms with Gasteiger partial charge in [0.25, 0.3) is 0 Å². The van der Waals surface area contributed by atoms with Crippen molar-refractivity contribution in [3.8, 4) is 17.2 Å². The minimum absolute atomic E-state index is 0.0861. The molecule has 0 heterocycles. The maximum absolute atomic E-state index is 13.7. The van der Waals surface area contributed by atoms with Crippen LogP contribution in [0.15, 0.2) is 41.3 Å². The number of methoxy groups -OCH3 is 1. The lowest BCUT2D eigenvalue weighted by Gasteiger charge is -2.10. The fourth-order valence-electron chi connectivity index (χ4n) is 1.58. The number of halogens is 1. The van der Waals surface area contributed by atoms with E-state index in [0.29, 0.717) is 11.5 Å². The third-order valence-corrected chi connectivity index (χ3v) is 3.32. The average Bonchev–Trinajstić information content (AvgIpc) is 2.42. The molecule has 5 heteroatoms. The molecule has 0 aliphatic heterocycles. The van der Waals surface area contributed by atoms with Crippen molar-refractivity contribution in [1.29, 1.82) is 0 Å². The molecule has 0 atom stereocenters. The molecule has 2 rings (SSSR count). The first-order valence-corrected chi connectivity index (χ1v) is 6.81. The summed E-state index contributed by atoms with van der Waals surface area (Å²) < 4.78 is 24.3. The van der Waals surface area contributed by atoms with Gasteiger partial charge >= 0.3 is 0 Å². The summed E-state index contributed by atoms with van der Waals surface area (Å²) in [5, 5.41) is 0. The molecular weight excluding hydrogens is 265 g/mol. The second-order valence-electron chi connectivity index (χ2n) is 3.80. The van der Waals surface area contributed by atoms with E-state index >= 15 is 0 Å². The van der Waals surface area contributed by atoms with Crippen molar-refractivity contribution in [1.82, 2.24) is 0 Å². The highest BCUT2D eigenvalue weighted by Gasteiger charge is 2.10. The van der Waals surface area contributed by atoms with Crippen LogP contribution >= 0.6 is 11.8 Å². The smallest absolute Gasteiger partial charge is 0.168 e. The Labute approximate surface area is 115 Å². The monoisotopic (exact) mass is 279 g/mol. The molecule has 2 N–H and O–H groups in total. The predicted molar refractivity (Wildman–Crippen MR) is 75.7 cm³/mol. The number of benzene rings is 2. The van der Waals surface area contributed by atoms with Gasteiger partial charge in [0.05, 0.1) is 12.8 Å². The van der Waals surface area contributed by atoms with Gasteiger partial charge in [0.2, 0.25) is 0 Å². The summed E-state index contributed by atoms with van der Waals surface area (Å²) in [7, 11) is 1.47. The Morgan fingerprint density at radius 3 is 2.37 bits per heavy atom. The van der Waals surface area contributed by atoms with E-state index in [1.54, 1.807) is 23.9 Å². The van der Waals surface area contributed by atoms with Crippen molar-refractivity contribution in [2.75, 3.05) is 19.1 Å². The molecule has 0 aromatic heterocycles. The Hall–Kier alpha value is -1.88. The molecule has 0 unspecified atom stereocenters. The molecule has 0 spiro atoms. The number of rotatable bonds is 4. The molecule has 3 nitrogen and oxygen atoms in total. The predicted octanol–water partition coefficient (Wildman–Crippen LogP) is 3.93. The number of hydrogen-bond donors (Lipinski definition) is 1. The largest absolute Gasteiger partial charge is 0.494 e. The topological polar surface area (TPSA) is 44.5 Å². The van der Waals surface area contributed by atoms with Crippen LogP contribution in [-0.2, 0) is 0 Å². The summed E-state index contributed by atoms with van der Waals surface area (Å²) in [5.41, 5.74) is 5.85. The Balaban J connectivity index is 2.26. The van der Waals surface area contributed by atoms with Gasteiger partial charge in [0, 0.05) is 17.0 Å². The highest BCUT2D eigenvalue weighted by molar-refractivity contribution is 7.98. The van der Waals surface area contributed by atoms with Crippen molar-refractivity contribution in [2.45, 2.75) is 4.90 Å². The fraction of sp³-hybridized carbons (Fsp3) is 0.143. The Kier molecular flexibility index (Phi) is 4.16. The SMILES string of the molecule is COc1cc(Oc2ccc(SC)cc2)c(F)cc1N. The number of nitrogen functional groups attached to an aromatic ring is 1. The number of anilines is 1. The van der Waals surface area contributed by atoms with Crippen LogP contribution in [0.1, 0.15) is 0 Å². The van der Waals surface area contributed by atoms with E-state index < -0.39 is 5.82 Å². The normalized spacial score (nSPS) is 10.3. The lowest BCUT2D eigenvalue weighted by atomic mass is 10.2. The average molecular weight is 279 g/mol. The first-order chi connectivity index (χ1) is 9.13. The first kappa shape index (κ1) is 13.5. The van der Waals surface area contributed by atoms with Crippen LogP contribution in [0.25, 0.3) is 0 Å². The van der Waals surface area contributed by atoms with Crippen LogP contribution < -0.4 is 15.2 Å². The van der Waals surface area contributed by atoms with Crippen molar-refractivity contribution in [2.24, 2.45) is 0 Å². The maximum atomic E-state index is 13.7. The summed E-state index contributed by atoms with van der Waals surface area (Å²) in [4.78, 5) is 1.11. The zero-order valence-corrected chi connectivity index (χ0v) is 11.5. The summed E-state index contributed by atoms with van der Waals surface area (Å²) in [6.45, 7) is 0. The number of hydrogen-bond acceptors (Lipinski definition) is 4. The first-order valence-electron chi connectivity index (χ1n) is 5.59. The molecule has 0 amide bonds. The van der Waals surface area contributed by atoms with Gasteiger partial charge in [-0.1, -0.05) is 0 Å². The number of thioether (sulfide) groups is 1. The molecule has 0 aliphatic rings. The molecule has 0 radical (unpaired) electrons. The Bertz CT molecular complexity index is 572. The van der Waals surface area contributed by atoms with Crippen LogP contribution in [-0.4, -0.2) is 13.4 Å². The van der Waals surface area contributed by atoms with E-state index in [2.05, 4.69) is 0 Å². The molecule has 19 heavy (non-hydrogen) atoms. The Morgan fingerprint density at radius 1 is 1.11 bits per heavy atom. The van der Waals surface area contributed by atoms with Crippen LogP contribution in [0.4, 0.5) is 10.1 Å². The van der Waals surface area contributed by atoms with Gasteiger partial charge in [-0.25, -0.2) is 4.39 Å². The zero-order valence-electron chi connectivity index (χ0n) is 10.6. The van der Waals surface area contributed by atoms with Crippen LogP contribution in [0, 0.1) is 5.82 Å². The van der Waals surface area contributed by atoms with Crippen LogP contribution in [0.3, 0.4) is 0 Å². The third-order valence-electron chi connectivity index (χ3n) is 2.57. The highest BCUT2D eigenvalue weighted by atomic mass is 32.2. The zero-order chi connectivity index (χ0) is 13.8. The number of ether oxygens (including phenoxy) is 2. The quantitative estimate of drug-likeness (QED) is 0.680. The second kappa shape index (κ2) is 5.84. The van der Waals surface area contributed by atoms with Crippen molar-refractivity contribution in [3.63, 3.8) is 0 Å². The Morgan fingerprint density at radius 2 is 1.79 bits per heavy atom. The van der Waals surface area contributed by atoms with Gasteiger partial charge < -0.3 is 15.2 Å². The van der Waals surface area contributed by atoms with Gasteiger partial charge in [0.1, 0.15) is 11.5 Å². The summed E-state index contributed by atoms with van der Waals surface area (Å²) >= 11 is 1.63. The van der Waals surface area contributed by atoms with Crippen LogP contribution in [0.2, 0.25) is 0 Å². The van der Waals surface area contributed by atoms with E-state index in [0.717, 1.165) is 4.90 Å². The molecule has 0 saturated heterocycles. The lowest BCUT2D eigenvalue weighted by Crippen LogP contribution is -1.96. The van der Waals surface area contributed by atoms with E-state index in [1.165, 1.54) is 19.2 Å². The standard InChI is InChI=1S/C14H14FNO2S/c1-17-14-8-13(11(15)7-12(14)16)18-9-3-5-10(19-2)6-4-9/h3-8H,16H2,1-2H3. The summed E-state index contributed by atoms with van der Waals surface area (Å²) in [6.07, 6.45) is 1.99. The van der Waals surface area contributed by atoms with Gasteiger partial charge in [-0.15, -0.1) is 11.8 Å². The van der Waals surface area contributed by atoms with Crippen molar-refractivity contribution < 1.29 is 13.9 Å². The van der Waals surface area contributed by atoms with Gasteiger partial charge in [0.15, 0.2) is 11.6 Å². The molecule has 2 aromatic carbocycles. The molecule has 0 fully saturated rings. The fourth-order valence-corrected chi connectivity index (χ4v) is 1.98. The lowest BCUT2D eigenvalue weighted by molar-refractivity contribution is 0.403. The molecule has 0 aliphatic carbocycles.